The topological polar surface area (TPSA) is 89.3 Å². The Kier molecular flexibility index (Phi) is 5.08. The van der Waals surface area contributed by atoms with Crippen molar-refractivity contribution in [1.29, 1.82) is 0 Å². The zero-order chi connectivity index (χ0) is 18.7. The summed E-state index contributed by atoms with van der Waals surface area (Å²) in [6.07, 6.45) is 5.58. The monoisotopic (exact) mass is 372 g/mol. The molecule has 0 aliphatic heterocycles. The second-order valence-electron chi connectivity index (χ2n) is 6.04. The van der Waals surface area contributed by atoms with Gasteiger partial charge in [-0.1, -0.05) is 60.6 Å². The van der Waals surface area contributed by atoms with Crippen LogP contribution in [0, 0.1) is 6.92 Å². The van der Waals surface area contributed by atoms with E-state index in [9.17, 15) is 13.2 Å². The van der Waals surface area contributed by atoms with Crippen LogP contribution in [0.3, 0.4) is 0 Å². The fourth-order valence-corrected chi connectivity index (χ4v) is 4.08. The normalized spacial score (nSPS) is 17.0. The second kappa shape index (κ2) is 7.29. The summed E-state index contributed by atoms with van der Waals surface area (Å²) in [6.45, 7) is 3.44. The van der Waals surface area contributed by atoms with Crippen molar-refractivity contribution in [3.63, 3.8) is 0 Å². The summed E-state index contributed by atoms with van der Waals surface area (Å²) in [7, 11) is -3.73. The summed E-state index contributed by atoms with van der Waals surface area (Å²) in [5.41, 5.74) is 3.36. The first kappa shape index (κ1) is 18.1. The van der Waals surface area contributed by atoms with Gasteiger partial charge in [0.15, 0.2) is 0 Å². The number of hydrogen-bond acceptors (Lipinski definition) is 5. The van der Waals surface area contributed by atoms with Crippen LogP contribution in [0.4, 0.5) is 0 Å². The second-order valence-corrected chi connectivity index (χ2v) is 7.94. The van der Waals surface area contributed by atoms with Crippen molar-refractivity contribution in [1.82, 2.24) is 9.88 Å². The minimum absolute atomic E-state index is 0.122. The minimum atomic E-state index is -3.73. The van der Waals surface area contributed by atoms with Crippen LogP contribution in [0.15, 0.2) is 53.1 Å². The molecule has 0 saturated heterocycles. The van der Waals surface area contributed by atoms with Crippen molar-refractivity contribution in [2.24, 2.45) is 0 Å². The number of carbonyl (C=O) groups is 1. The Morgan fingerprint density at radius 3 is 2.65 bits per heavy atom. The molecule has 26 heavy (non-hydrogen) atoms. The molecule has 0 bridgehead atoms. The molecule has 7 heteroatoms. The van der Waals surface area contributed by atoms with E-state index in [4.69, 9.17) is 4.52 Å². The van der Waals surface area contributed by atoms with Gasteiger partial charge < -0.3 is 4.52 Å². The van der Waals surface area contributed by atoms with E-state index in [1.807, 2.05) is 43.3 Å². The highest BCUT2D eigenvalue weighted by Gasteiger charge is 2.27. The number of allylic oxidation sites excluding steroid dienone is 3. The van der Waals surface area contributed by atoms with E-state index >= 15 is 0 Å². The SMILES string of the molecule is CCC(=O)NS(=O)(=O)C1C=CC(c2c(-c3ccccc3)noc2C)=CC1. The van der Waals surface area contributed by atoms with Gasteiger partial charge in [-0.25, -0.2) is 8.42 Å². The molecule has 2 aromatic rings. The highest BCUT2D eigenvalue weighted by atomic mass is 32.2. The fraction of sp³-hybridized carbons (Fsp3) is 0.263. The lowest BCUT2D eigenvalue weighted by molar-refractivity contribution is -0.119. The van der Waals surface area contributed by atoms with Crippen molar-refractivity contribution in [2.45, 2.75) is 31.9 Å². The first-order valence-corrected chi connectivity index (χ1v) is 9.92. The number of sulfonamides is 1. The maximum absolute atomic E-state index is 12.3. The van der Waals surface area contributed by atoms with Crippen LogP contribution in [0.25, 0.3) is 16.8 Å². The molecule has 1 aliphatic carbocycles. The maximum Gasteiger partial charge on any atom is 0.241 e. The number of carbonyl (C=O) groups excluding carboxylic acids is 1. The molecule has 0 radical (unpaired) electrons. The predicted molar refractivity (Wildman–Crippen MR) is 99.6 cm³/mol. The minimum Gasteiger partial charge on any atom is -0.360 e. The van der Waals surface area contributed by atoms with Gasteiger partial charge in [0.1, 0.15) is 16.7 Å². The number of aryl methyl sites for hydroxylation is 1. The lowest BCUT2D eigenvalue weighted by Crippen LogP contribution is -2.37. The summed E-state index contributed by atoms with van der Waals surface area (Å²) in [5.74, 6) is 0.162. The molecule has 1 aromatic heterocycles. The van der Waals surface area contributed by atoms with E-state index in [2.05, 4.69) is 9.88 Å². The van der Waals surface area contributed by atoms with Gasteiger partial charge in [-0.05, 0) is 18.9 Å². The highest BCUT2D eigenvalue weighted by molar-refractivity contribution is 7.90. The van der Waals surface area contributed by atoms with Crippen LogP contribution in [-0.2, 0) is 14.8 Å². The molecule has 1 heterocycles. The van der Waals surface area contributed by atoms with E-state index in [1.54, 1.807) is 19.1 Å². The van der Waals surface area contributed by atoms with Gasteiger partial charge in [0.2, 0.25) is 15.9 Å². The molecular formula is C19H20N2O4S. The van der Waals surface area contributed by atoms with Crippen molar-refractivity contribution in [2.75, 3.05) is 0 Å². The first-order chi connectivity index (χ1) is 12.4. The summed E-state index contributed by atoms with van der Waals surface area (Å²) < 4.78 is 32.0. The molecule has 1 aromatic carbocycles. The third-order valence-corrected chi connectivity index (χ3v) is 5.89. The quantitative estimate of drug-likeness (QED) is 0.870. The average Bonchev–Trinajstić information content (AvgIpc) is 3.03. The molecule has 136 valence electrons. The van der Waals surface area contributed by atoms with Crippen LogP contribution in [0.2, 0.25) is 0 Å². The largest absolute Gasteiger partial charge is 0.360 e. The highest BCUT2D eigenvalue weighted by Crippen LogP contribution is 2.34. The van der Waals surface area contributed by atoms with Crippen molar-refractivity contribution < 1.29 is 17.7 Å². The smallest absolute Gasteiger partial charge is 0.241 e. The van der Waals surface area contributed by atoms with E-state index < -0.39 is 21.2 Å². The zero-order valence-electron chi connectivity index (χ0n) is 14.6. The summed E-state index contributed by atoms with van der Waals surface area (Å²) in [5, 5.41) is 3.38. The van der Waals surface area contributed by atoms with Gasteiger partial charge in [0.05, 0.1) is 5.56 Å². The lowest BCUT2D eigenvalue weighted by atomic mass is 9.95. The first-order valence-electron chi connectivity index (χ1n) is 8.37. The number of rotatable bonds is 5. The molecular weight excluding hydrogens is 352 g/mol. The van der Waals surface area contributed by atoms with Crippen LogP contribution in [-0.4, -0.2) is 24.7 Å². The molecule has 0 fully saturated rings. The summed E-state index contributed by atoms with van der Waals surface area (Å²) in [4.78, 5) is 11.4. The Balaban J connectivity index is 1.87. The molecule has 3 rings (SSSR count). The summed E-state index contributed by atoms with van der Waals surface area (Å²) in [6, 6.07) is 9.67. The van der Waals surface area contributed by atoms with Gasteiger partial charge in [-0.3, -0.25) is 9.52 Å². The van der Waals surface area contributed by atoms with Gasteiger partial charge >= 0.3 is 0 Å². The number of benzene rings is 1. The number of amides is 1. The lowest BCUT2D eigenvalue weighted by Gasteiger charge is -2.17. The van der Waals surface area contributed by atoms with Crippen LogP contribution in [0.5, 0.6) is 0 Å². The van der Waals surface area contributed by atoms with Crippen molar-refractivity contribution in [3.05, 3.63) is 59.9 Å². The molecule has 1 atom stereocenters. The Morgan fingerprint density at radius 2 is 2.04 bits per heavy atom. The zero-order valence-corrected chi connectivity index (χ0v) is 15.4. The van der Waals surface area contributed by atoms with Gasteiger partial charge in [0, 0.05) is 12.0 Å². The average molecular weight is 372 g/mol. The molecule has 0 saturated carbocycles. The third-order valence-electron chi connectivity index (χ3n) is 4.23. The number of nitrogens with one attached hydrogen (secondary N) is 1. The summed E-state index contributed by atoms with van der Waals surface area (Å²) >= 11 is 0. The fourth-order valence-electron chi connectivity index (χ4n) is 2.83. The maximum atomic E-state index is 12.3. The Morgan fingerprint density at radius 1 is 1.31 bits per heavy atom. The standard InChI is InChI=1S/C19H20N2O4S/c1-3-17(22)21-26(23,24)16-11-9-14(10-12-16)18-13(2)25-20-19(18)15-7-5-4-6-8-15/h4-11,16H,3,12H2,1-2H3,(H,21,22). The molecule has 1 N–H and O–H groups in total. The predicted octanol–water partition coefficient (Wildman–Crippen LogP) is 3.22. The van der Waals surface area contributed by atoms with Gasteiger partial charge in [-0.15, -0.1) is 0 Å². The van der Waals surface area contributed by atoms with Crippen LogP contribution >= 0.6 is 0 Å². The molecule has 1 aliphatic rings. The van der Waals surface area contributed by atoms with E-state index in [-0.39, 0.29) is 12.8 Å². The number of hydrogen-bond donors (Lipinski definition) is 1. The van der Waals surface area contributed by atoms with Crippen LogP contribution < -0.4 is 4.72 Å². The Hall–Kier alpha value is -2.67. The molecule has 1 amide bonds. The van der Waals surface area contributed by atoms with Gasteiger partial charge in [-0.2, -0.15) is 0 Å². The van der Waals surface area contributed by atoms with Crippen molar-refractivity contribution >= 4 is 21.5 Å². The van der Waals surface area contributed by atoms with E-state index in [1.165, 1.54) is 0 Å². The van der Waals surface area contributed by atoms with E-state index in [0.29, 0.717) is 5.76 Å². The Labute approximate surface area is 152 Å². The molecule has 6 nitrogen and oxygen atoms in total. The molecule has 0 spiro atoms. The number of nitrogens with zero attached hydrogens (tertiary/aromatic N) is 1. The Bertz CT molecular complexity index is 972. The van der Waals surface area contributed by atoms with E-state index in [0.717, 1.165) is 22.4 Å². The van der Waals surface area contributed by atoms with Crippen molar-refractivity contribution in [3.8, 4) is 11.3 Å². The number of aromatic nitrogens is 1. The third kappa shape index (κ3) is 3.62. The molecule has 1 unspecified atom stereocenters. The van der Waals surface area contributed by atoms with Gasteiger partial charge in [0.25, 0.3) is 0 Å². The van der Waals surface area contributed by atoms with Crippen LogP contribution in [0.1, 0.15) is 31.1 Å².